The fourth-order valence-electron chi connectivity index (χ4n) is 2.55. The molecule has 0 unspecified atom stereocenters. The quantitative estimate of drug-likeness (QED) is 0.609. The monoisotopic (exact) mass is 381 g/mol. The summed E-state index contributed by atoms with van der Waals surface area (Å²) in [6, 6.07) is 12.7. The van der Waals surface area contributed by atoms with Crippen LogP contribution in [0.3, 0.4) is 0 Å². The first-order valence-corrected chi connectivity index (χ1v) is 9.38. The summed E-state index contributed by atoms with van der Waals surface area (Å²) in [5.41, 5.74) is 1.86. The molecule has 9 heteroatoms. The highest BCUT2D eigenvalue weighted by molar-refractivity contribution is 7.89. The van der Waals surface area contributed by atoms with Crippen LogP contribution < -0.4 is 9.46 Å². The van der Waals surface area contributed by atoms with Crippen LogP contribution in [0.4, 0.5) is 8.78 Å². The molecule has 0 aliphatic heterocycles. The molecular weight excluding hydrogens is 364 g/mol. The van der Waals surface area contributed by atoms with Gasteiger partial charge in [0.25, 0.3) is 0 Å². The van der Waals surface area contributed by atoms with Crippen LogP contribution in [0.5, 0.6) is 5.75 Å². The summed E-state index contributed by atoms with van der Waals surface area (Å²) in [7, 11) is -3.80. The van der Waals surface area contributed by atoms with Gasteiger partial charge in [-0.15, -0.1) is 0 Å². The molecule has 0 fully saturated rings. The normalized spacial score (nSPS) is 12.0. The maximum Gasteiger partial charge on any atom is 0.387 e. The number of hydrogen-bond donors (Lipinski definition) is 1. The predicted octanol–water partition coefficient (Wildman–Crippen LogP) is 3.01. The van der Waals surface area contributed by atoms with Crippen molar-refractivity contribution >= 4 is 21.1 Å². The van der Waals surface area contributed by atoms with Gasteiger partial charge < -0.3 is 9.30 Å². The predicted molar refractivity (Wildman–Crippen MR) is 92.6 cm³/mol. The Morgan fingerprint density at radius 2 is 1.96 bits per heavy atom. The van der Waals surface area contributed by atoms with Gasteiger partial charge in [-0.2, -0.15) is 8.78 Å². The van der Waals surface area contributed by atoms with E-state index in [-0.39, 0.29) is 17.2 Å². The number of alkyl halides is 2. The SMILES string of the molecule is O=S(=O)(NCCCn1cnc2ccccc21)c1cccc(OC(F)F)c1. The van der Waals surface area contributed by atoms with Crippen molar-refractivity contribution in [2.75, 3.05) is 6.54 Å². The molecule has 26 heavy (non-hydrogen) atoms. The Hall–Kier alpha value is -2.52. The number of rotatable bonds is 8. The van der Waals surface area contributed by atoms with E-state index in [1.54, 1.807) is 6.33 Å². The van der Waals surface area contributed by atoms with E-state index in [2.05, 4.69) is 14.4 Å². The number of fused-ring (bicyclic) bond motifs is 1. The highest BCUT2D eigenvalue weighted by Crippen LogP contribution is 2.19. The van der Waals surface area contributed by atoms with Gasteiger partial charge in [0.2, 0.25) is 10.0 Å². The topological polar surface area (TPSA) is 73.2 Å². The number of imidazole rings is 1. The summed E-state index contributed by atoms with van der Waals surface area (Å²) >= 11 is 0. The molecule has 6 nitrogen and oxygen atoms in total. The second-order valence-corrected chi connectivity index (χ2v) is 7.30. The van der Waals surface area contributed by atoms with E-state index in [9.17, 15) is 17.2 Å². The van der Waals surface area contributed by atoms with Gasteiger partial charge in [-0.3, -0.25) is 0 Å². The molecule has 0 amide bonds. The van der Waals surface area contributed by atoms with E-state index >= 15 is 0 Å². The van der Waals surface area contributed by atoms with Crippen LogP contribution in [-0.4, -0.2) is 31.1 Å². The maximum atomic E-state index is 12.3. The van der Waals surface area contributed by atoms with Crippen LogP contribution in [-0.2, 0) is 16.6 Å². The molecule has 0 aliphatic carbocycles. The molecule has 0 aliphatic rings. The summed E-state index contributed by atoms with van der Waals surface area (Å²) in [4.78, 5) is 4.15. The maximum absolute atomic E-state index is 12.3. The largest absolute Gasteiger partial charge is 0.435 e. The van der Waals surface area contributed by atoms with Crippen molar-refractivity contribution in [2.24, 2.45) is 0 Å². The molecule has 3 aromatic rings. The zero-order valence-corrected chi connectivity index (χ0v) is 14.5. The lowest BCUT2D eigenvalue weighted by molar-refractivity contribution is -0.0499. The van der Waals surface area contributed by atoms with Gasteiger partial charge in [0.15, 0.2) is 0 Å². The van der Waals surface area contributed by atoms with Crippen molar-refractivity contribution in [3.8, 4) is 5.75 Å². The lowest BCUT2D eigenvalue weighted by Crippen LogP contribution is -2.25. The molecule has 0 radical (unpaired) electrons. The van der Waals surface area contributed by atoms with Crippen molar-refractivity contribution < 1.29 is 21.9 Å². The number of nitrogens with one attached hydrogen (secondary N) is 1. The average molecular weight is 381 g/mol. The van der Waals surface area contributed by atoms with Gasteiger partial charge in [0, 0.05) is 19.2 Å². The fraction of sp³-hybridized carbons (Fsp3) is 0.235. The summed E-state index contributed by atoms with van der Waals surface area (Å²) in [5, 5.41) is 0. The number of ether oxygens (including phenoxy) is 1. The standard InChI is InChI=1S/C17H17F2N3O3S/c18-17(19)25-13-5-3-6-14(11-13)26(23,24)21-9-4-10-22-12-20-15-7-1-2-8-16(15)22/h1-3,5-8,11-12,17,21H,4,9-10H2. The number of nitrogens with zero attached hydrogens (tertiary/aromatic N) is 2. The molecule has 1 aromatic heterocycles. The molecule has 0 bridgehead atoms. The number of aromatic nitrogens is 2. The molecule has 1 N–H and O–H groups in total. The minimum absolute atomic E-state index is 0.122. The van der Waals surface area contributed by atoms with Crippen molar-refractivity contribution in [3.05, 3.63) is 54.9 Å². The van der Waals surface area contributed by atoms with Gasteiger partial charge in [-0.05, 0) is 30.7 Å². The lowest BCUT2D eigenvalue weighted by atomic mass is 10.3. The molecule has 3 rings (SSSR count). The Morgan fingerprint density at radius 1 is 1.15 bits per heavy atom. The second kappa shape index (κ2) is 7.79. The Bertz CT molecular complexity index is 990. The van der Waals surface area contributed by atoms with E-state index in [0.29, 0.717) is 13.0 Å². The summed E-state index contributed by atoms with van der Waals surface area (Å²) < 4.78 is 57.7. The molecular formula is C17H17F2N3O3S. The number of hydrogen-bond acceptors (Lipinski definition) is 4. The Kier molecular flexibility index (Phi) is 5.48. The molecule has 0 spiro atoms. The molecule has 0 saturated heterocycles. The van der Waals surface area contributed by atoms with Crippen LogP contribution in [0.25, 0.3) is 11.0 Å². The van der Waals surface area contributed by atoms with E-state index in [1.807, 2.05) is 28.8 Å². The van der Waals surface area contributed by atoms with E-state index in [4.69, 9.17) is 0 Å². The summed E-state index contributed by atoms with van der Waals surface area (Å²) in [6.45, 7) is -2.21. The smallest absolute Gasteiger partial charge is 0.387 e. The molecule has 2 aromatic carbocycles. The molecule has 0 atom stereocenters. The van der Waals surface area contributed by atoms with E-state index in [1.165, 1.54) is 18.2 Å². The first-order chi connectivity index (χ1) is 12.5. The van der Waals surface area contributed by atoms with Crippen molar-refractivity contribution in [1.82, 2.24) is 14.3 Å². The molecule has 1 heterocycles. The third-order valence-electron chi connectivity index (χ3n) is 3.74. The number of para-hydroxylation sites is 2. The fourth-order valence-corrected chi connectivity index (χ4v) is 3.65. The van der Waals surface area contributed by atoms with Crippen molar-refractivity contribution in [1.29, 1.82) is 0 Å². The van der Waals surface area contributed by atoms with E-state index < -0.39 is 16.6 Å². The van der Waals surface area contributed by atoms with Crippen LogP contribution in [0.1, 0.15) is 6.42 Å². The Morgan fingerprint density at radius 3 is 2.77 bits per heavy atom. The first kappa shape index (κ1) is 18.3. The van der Waals surface area contributed by atoms with Crippen LogP contribution in [0, 0.1) is 0 Å². The van der Waals surface area contributed by atoms with Gasteiger partial charge >= 0.3 is 6.61 Å². The molecule has 138 valence electrons. The zero-order valence-electron chi connectivity index (χ0n) is 13.7. The number of sulfonamides is 1. The van der Waals surface area contributed by atoms with Crippen LogP contribution >= 0.6 is 0 Å². The first-order valence-electron chi connectivity index (χ1n) is 7.90. The Balaban J connectivity index is 1.58. The van der Waals surface area contributed by atoms with Gasteiger partial charge in [0.1, 0.15) is 5.75 Å². The highest BCUT2D eigenvalue weighted by atomic mass is 32.2. The van der Waals surface area contributed by atoms with E-state index in [0.717, 1.165) is 17.1 Å². The summed E-state index contributed by atoms with van der Waals surface area (Å²) in [5.74, 6) is -0.201. The summed E-state index contributed by atoms with van der Waals surface area (Å²) in [6.07, 6.45) is 2.26. The van der Waals surface area contributed by atoms with Gasteiger partial charge in [-0.1, -0.05) is 18.2 Å². The zero-order chi connectivity index (χ0) is 18.6. The van der Waals surface area contributed by atoms with Crippen molar-refractivity contribution in [3.63, 3.8) is 0 Å². The Labute approximate surface area is 149 Å². The number of halogens is 2. The minimum atomic E-state index is -3.80. The van der Waals surface area contributed by atoms with Gasteiger partial charge in [0.05, 0.1) is 22.3 Å². The highest BCUT2D eigenvalue weighted by Gasteiger charge is 2.15. The van der Waals surface area contributed by atoms with Crippen LogP contribution in [0.2, 0.25) is 0 Å². The third kappa shape index (κ3) is 4.36. The second-order valence-electron chi connectivity index (χ2n) is 5.53. The average Bonchev–Trinajstić information content (AvgIpc) is 3.02. The van der Waals surface area contributed by atoms with Crippen LogP contribution in [0.15, 0.2) is 59.8 Å². The van der Waals surface area contributed by atoms with Gasteiger partial charge in [-0.25, -0.2) is 18.1 Å². The number of aryl methyl sites for hydroxylation is 1. The third-order valence-corrected chi connectivity index (χ3v) is 5.19. The number of benzene rings is 2. The molecule has 0 saturated carbocycles. The van der Waals surface area contributed by atoms with Crippen molar-refractivity contribution in [2.45, 2.75) is 24.5 Å². The minimum Gasteiger partial charge on any atom is -0.435 e. The lowest BCUT2D eigenvalue weighted by Gasteiger charge is -2.09.